The van der Waals surface area contributed by atoms with Crippen molar-refractivity contribution in [3.63, 3.8) is 0 Å². The number of carbonyl (C=O) groups is 1. The van der Waals surface area contributed by atoms with Crippen LogP contribution in [-0.2, 0) is 4.79 Å². The fourth-order valence-electron chi connectivity index (χ4n) is 3.23. The Morgan fingerprint density at radius 2 is 1.57 bits per heavy atom. The molecule has 3 rings (SSSR count). The van der Waals surface area contributed by atoms with Crippen molar-refractivity contribution in [2.24, 2.45) is 0 Å². The molecule has 0 bridgehead atoms. The van der Waals surface area contributed by atoms with Gasteiger partial charge >= 0.3 is 0 Å². The van der Waals surface area contributed by atoms with Crippen molar-refractivity contribution >= 4 is 34.8 Å². The van der Waals surface area contributed by atoms with Crippen LogP contribution in [0, 0.1) is 0 Å². The van der Waals surface area contributed by atoms with Gasteiger partial charge in [-0.1, -0.05) is 35.3 Å². The molecular weight excluding hydrogens is 405 g/mol. The van der Waals surface area contributed by atoms with Gasteiger partial charge in [0.1, 0.15) is 11.8 Å². The zero-order chi connectivity index (χ0) is 20.5. The third-order valence-corrected chi connectivity index (χ3v) is 5.28. The van der Waals surface area contributed by atoms with E-state index in [-0.39, 0.29) is 0 Å². The highest BCUT2D eigenvalue weighted by Crippen LogP contribution is 2.54. The minimum atomic E-state index is -1.58. The van der Waals surface area contributed by atoms with Gasteiger partial charge in [-0.05, 0) is 24.6 Å². The lowest BCUT2D eigenvalue weighted by Crippen LogP contribution is -2.62. The van der Waals surface area contributed by atoms with E-state index in [1.54, 1.807) is 12.1 Å². The third-order valence-electron chi connectivity index (χ3n) is 4.54. The normalized spacial score (nSPS) is 17.7. The SMILES string of the molecule is CCOc1ccc(C2N(c3cc(OC)c(OC)c(OC)c3)C(=O)C2(Cl)Cl)cc1. The second-order valence-corrected chi connectivity index (χ2v) is 7.47. The summed E-state index contributed by atoms with van der Waals surface area (Å²) in [4.78, 5) is 14.2. The molecule has 8 heteroatoms. The largest absolute Gasteiger partial charge is 0.494 e. The lowest BCUT2D eigenvalue weighted by Gasteiger charge is -2.49. The molecule has 0 aliphatic carbocycles. The van der Waals surface area contributed by atoms with E-state index in [4.69, 9.17) is 42.1 Å². The molecule has 0 spiro atoms. The van der Waals surface area contributed by atoms with Crippen LogP contribution in [0.3, 0.4) is 0 Å². The molecule has 6 nitrogen and oxygen atoms in total. The van der Waals surface area contributed by atoms with Crippen LogP contribution in [0.1, 0.15) is 18.5 Å². The summed E-state index contributed by atoms with van der Waals surface area (Å²) in [5, 5.41) is 0. The van der Waals surface area contributed by atoms with E-state index in [1.807, 2.05) is 31.2 Å². The topological polar surface area (TPSA) is 57.2 Å². The molecule has 1 amide bonds. The Morgan fingerprint density at radius 3 is 2.04 bits per heavy atom. The summed E-state index contributed by atoms with van der Waals surface area (Å²) in [5.74, 6) is 1.59. The predicted molar refractivity (Wildman–Crippen MR) is 108 cm³/mol. The van der Waals surface area contributed by atoms with Crippen LogP contribution >= 0.6 is 23.2 Å². The Balaban J connectivity index is 2.03. The molecule has 2 aromatic carbocycles. The molecule has 0 radical (unpaired) electrons. The molecule has 0 saturated carbocycles. The number of carbonyl (C=O) groups excluding carboxylic acids is 1. The fraction of sp³-hybridized carbons (Fsp3) is 0.350. The van der Waals surface area contributed by atoms with E-state index >= 15 is 0 Å². The lowest BCUT2D eigenvalue weighted by molar-refractivity contribution is -0.125. The first-order valence-electron chi connectivity index (χ1n) is 8.63. The van der Waals surface area contributed by atoms with Gasteiger partial charge in [0.2, 0.25) is 10.1 Å². The molecule has 1 aliphatic heterocycles. The summed E-state index contributed by atoms with van der Waals surface area (Å²) in [6, 6.07) is 10.1. The van der Waals surface area contributed by atoms with E-state index in [0.717, 1.165) is 11.3 Å². The quantitative estimate of drug-likeness (QED) is 0.486. The van der Waals surface area contributed by atoms with Gasteiger partial charge in [-0.3, -0.25) is 9.69 Å². The fourth-order valence-corrected chi connectivity index (χ4v) is 3.86. The molecule has 150 valence electrons. The van der Waals surface area contributed by atoms with Crippen LogP contribution in [-0.4, -0.2) is 38.2 Å². The summed E-state index contributed by atoms with van der Waals surface area (Å²) in [6.45, 7) is 2.47. The van der Waals surface area contributed by atoms with Crippen molar-refractivity contribution in [1.82, 2.24) is 0 Å². The standard InChI is InChI=1S/C20H21Cl2NO5/c1-5-28-14-8-6-12(7-9-14)18-20(21,22)19(24)23(18)13-10-15(25-2)17(27-4)16(11-13)26-3/h6-11,18H,5H2,1-4H3. The number of anilines is 1. The number of amides is 1. The second kappa shape index (κ2) is 7.97. The maximum Gasteiger partial charge on any atom is 0.266 e. The van der Waals surface area contributed by atoms with Crippen molar-refractivity contribution in [2.45, 2.75) is 17.3 Å². The number of β-lactam (4-membered cyclic amide) rings is 1. The first kappa shape index (κ1) is 20.4. The van der Waals surface area contributed by atoms with Gasteiger partial charge in [0.05, 0.1) is 33.6 Å². The van der Waals surface area contributed by atoms with Crippen LogP contribution in [0.2, 0.25) is 0 Å². The molecule has 0 aromatic heterocycles. The van der Waals surface area contributed by atoms with Gasteiger partial charge in [0, 0.05) is 12.1 Å². The molecule has 1 aliphatic rings. The number of nitrogens with zero attached hydrogens (tertiary/aromatic N) is 1. The Hall–Kier alpha value is -2.31. The number of hydrogen-bond acceptors (Lipinski definition) is 5. The number of halogens is 2. The molecule has 1 unspecified atom stereocenters. The molecule has 1 saturated heterocycles. The van der Waals surface area contributed by atoms with Crippen molar-refractivity contribution in [3.8, 4) is 23.0 Å². The summed E-state index contributed by atoms with van der Waals surface area (Å²) in [7, 11) is 4.53. The maximum atomic E-state index is 12.7. The summed E-state index contributed by atoms with van der Waals surface area (Å²) < 4.78 is 20.0. The molecule has 1 fully saturated rings. The Bertz CT molecular complexity index is 844. The predicted octanol–water partition coefficient (Wildman–Crippen LogP) is 4.37. The highest BCUT2D eigenvalue weighted by molar-refractivity contribution is 6.62. The highest BCUT2D eigenvalue weighted by atomic mass is 35.5. The first-order valence-corrected chi connectivity index (χ1v) is 9.38. The van der Waals surface area contributed by atoms with E-state index in [2.05, 4.69) is 0 Å². The molecule has 1 atom stereocenters. The molecule has 28 heavy (non-hydrogen) atoms. The van der Waals surface area contributed by atoms with Gasteiger partial charge in [0.15, 0.2) is 11.5 Å². The zero-order valence-electron chi connectivity index (χ0n) is 16.0. The van der Waals surface area contributed by atoms with E-state index in [0.29, 0.717) is 29.5 Å². The molecule has 1 heterocycles. The average molecular weight is 426 g/mol. The van der Waals surface area contributed by atoms with Gasteiger partial charge in [-0.25, -0.2) is 0 Å². The van der Waals surface area contributed by atoms with Crippen LogP contribution < -0.4 is 23.8 Å². The Morgan fingerprint density at radius 1 is 1.00 bits per heavy atom. The number of benzene rings is 2. The molecule has 0 N–H and O–H groups in total. The van der Waals surface area contributed by atoms with Crippen LogP contribution in [0.15, 0.2) is 36.4 Å². The van der Waals surface area contributed by atoms with Crippen molar-refractivity contribution in [3.05, 3.63) is 42.0 Å². The van der Waals surface area contributed by atoms with Crippen LogP contribution in [0.4, 0.5) is 5.69 Å². The molecule has 2 aromatic rings. The van der Waals surface area contributed by atoms with Gasteiger partial charge in [-0.15, -0.1) is 0 Å². The zero-order valence-corrected chi connectivity index (χ0v) is 17.5. The molecular formula is C20H21Cl2NO5. The lowest BCUT2D eigenvalue weighted by atomic mass is 9.91. The van der Waals surface area contributed by atoms with Crippen LogP contribution in [0.25, 0.3) is 0 Å². The second-order valence-electron chi connectivity index (χ2n) is 6.09. The average Bonchev–Trinajstić information content (AvgIpc) is 2.71. The van der Waals surface area contributed by atoms with E-state index in [9.17, 15) is 4.79 Å². The minimum Gasteiger partial charge on any atom is -0.494 e. The minimum absolute atomic E-state index is 0.427. The highest BCUT2D eigenvalue weighted by Gasteiger charge is 2.60. The van der Waals surface area contributed by atoms with E-state index in [1.165, 1.54) is 26.2 Å². The number of hydrogen-bond donors (Lipinski definition) is 0. The Labute approximate surface area is 173 Å². The number of alkyl halides is 2. The van der Waals surface area contributed by atoms with Gasteiger partial charge in [0.25, 0.3) is 5.91 Å². The maximum absolute atomic E-state index is 12.7. The smallest absolute Gasteiger partial charge is 0.266 e. The van der Waals surface area contributed by atoms with Crippen molar-refractivity contribution < 1.29 is 23.7 Å². The van der Waals surface area contributed by atoms with E-state index < -0.39 is 16.3 Å². The first-order chi connectivity index (χ1) is 13.4. The number of methoxy groups -OCH3 is 3. The summed E-state index contributed by atoms with van der Waals surface area (Å²) in [5.41, 5.74) is 1.32. The summed E-state index contributed by atoms with van der Waals surface area (Å²) in [6.07, 6.45) is 0. The van der Waals surface area contributed by atoms with Gasteiger partial charge < -0.3 is 18.9 Å². The monoisotopic (exact) mass is 425 g/mol. The number of ether oxygens (including phenoxy) is 4. The number of rotatable bonds is 7. The van der Waals surface area contributed by atoms with Crippen molar-refractivity contribution in [1.29, 1.82) is 0 Å². The Kier molecular flexibility index (Phi) is 5.82. The summed E-state index contributed by atoms with van der Waals surface area (Å²) >= 11 is 12.7. The van der Waals surface area contributed by atoms with Crippen LogP contribution in [0.5, 0.6) is 23.0 Å². The third kappa shape index (κ3) is 3.31. The van der Waals surface area contributed by atoms with Crippen molar-refractivity contribution in [2.75, 3.05) is 32.8 Å². The van der Waals surface area contributed by atoms with Gasteiger partial charge in [-0.2, -0.15) is 0 Å².